The van der Waals surface area contributed by atoms with Crippen LogP contribution >= 0.6 is 0 Å². The van der Waals surface area contributed by atoms with Gasteiger partial charge in [-0.15, -0.1) is 0 Å². The van der Waals surface area contributed by atoms with Crippen LogP contribution in [0.15, 0.2) is 12.4 Å². The summed E-state index contributed by atoms with van der Waals surface area (Å²) in [5.41, 5.74) is 0. The third-order valence-corrected chi connectivity index (χ3v) is 4.25. The van der Waals surface area contributed by atoms with Crippen molar-refractivity contribution in [1.82, 2.24) is 19.8 Å². The molecular weight excluding hydrogens is 256 g/mol. The van der Waals surface area contributed by atoms with E-state index in [9.17, 15) is 9.59 Å². The van der Waals surface area contributed by atoms with E-state index in [1.807, 2.05) is 13.1 Å². The monoisotopic (exact) mass is 276 g/mol. The van der Waals surface area contributed by atoms with Gasteiger partial charge in [0, 0.05) is 50.9 Å². The van der Waals surface area contributed by atoms with Crippen molar-refractivity contribution >= 4 is 11.8 Å². The number of amides is 2. The first-order chi connectivity index (χ1) is 9.67. The highest BCUT2D eigenvalue weighted by Crippen LogP contribution is 2.19. The van der Waals surface area contributed by atoms with Gasteiger partial charge in [0.25, 0.3) is 0 Å². The minimum Gasteiger partial charge on any atom is -0.351 e. The number of fused-ring (bicyclic) bond motifs is 1. The molecule has 2 aliphatic rings. The average Bonchev–Trinajstić information content (AvgIpc) is 3.04. The summed E-state index contributed by atoms with van der Waals surface area (Å²) >= 11 is 0. The summed E-state index contributed by atoms with van der Waals surface area (Å²) in [6.45, 7) is 3.97. The highest BCUT2D eigenvalue weighted by molar-refractivity contribution is 5.89. The average molecular weight is 276 g/mol. The van der Waals surface area contributed by atoms with Gasteiger partial charge in [0.2, 0.25) is 11.8 Å². The molecule has 20 heavy (non-hydrogen) atoms. The van der Waals surface area contributed by atoms with E-state index in [-0.39, 0.29) is 23.8 Å². The molecule has 0 aliphatic carbocycles. The Kier molecular flexibility index (Phi) is 3.46. The zero-order valence-corrected chi connectivity index (χ0v) is 11.7. The number of carbonyl (C=O) groups is 2. The number of nitrogens with one attached hydrogen (secondary N) is 1. The second-order valence-electron chi connectivity index (χ2n) is 5.57. The van der Waals surface area contributed by atoms with Crippen molar-refractivity contribution in [2.45, 2.75) is 38.8 Å². The molecule has 0 bridgehead atoms. The predicted octanol–water partition coefficient (Wildman–Crippen LogP) is 0.182. The van der Waals surface area contributed by atoms with Crippen molar-refractivity contribution in [1.29, 1.82) is 0 Å². The Labute approximate surface area is 118 Å². The molecule has 6 nitrogen and oxygen atoms in total. The van der Waals surface area contributed by atoms with Crippen LogP contribution in [0.4, 0.5) is 0 Å². The summed E-state index contributed by atoms with van der Waals surface area (Å²) in [6, 6.07) is 0.148. The van der Waals surface area contributed by atoms with E-state index in [0.29, 0.717) is 19.5 Å². The first-order valence-corrected chi connectivity index (χ1v) is 7.25. The second kappa shape index (κ2) is 5.26. The van der Waals surface area contributed by atoms with Gasteiger partial charge in [-0.05, 0) is 13.3 Å². The molecule has 2 atom stereocenters. The van der Waals surface area contributed by atoms with Crippen LogP contribution in [0.25, 0.3) is 0 Å². The summed E-state index contributed by atoms with van der Waals surface area (Å²) in [6.07, 6.45) is 5.91. The lowest BCUT2D eigenvalue weighted by Gasteiger charge is -2.25. The van der Waals surface area contributed by atoms with Gasteiger partial charge in [-0.2, -0.15) is 0 Å². The molecule has 108 valence electrons. The Balaban J connectivity index is 1.57. The fourth-order valence-electron chi connectivity index (χ4n) is 3.06. The fraction of sp³-hybridized carbons (Fsp3) is 0.643. The fourth-order valence-corrected chi connectivity index (χ4v) is 3.06. The predicted molar refractivity (Wildman–Crippen MR) is 72.8 cm³/mol. The Bertz CT molecular complexity index is 525. The van der Waals surface area contributed by atoms with Crippen LogP contribution in [0.2, 0.25) is 0 Å². The molecule has 1 N–H and O–H groups in total. The molecule has 0 spiro atoms. The third kappa shape index (κ3) is 2.42. The Morgan fingerprint density at radius 1 is 1.50 bits per heavy atom. The number of rotatable bonds is 3. The Hall–Kier alpha value is -1.85. The molecular formula is C14H20N4O2. The van der Waals surface area contributed by atoms with Crippen molar-refractivity contribution in [2.24, 2.45) is 5.92 Å². The Morgan fingerprint density at radius 3 is 3.10 bits per heavy atom. The van der Waals surface area contributed by atoms with Gasteiger partial charge < -0.3 is 14.8 Å². The van der Waals surface area contributed by atoms with Crippen LogP contribution in [0.1, 0.15) is 25.6 Å². The SMILES string of the molecule is CCN1C[C@@H](C(=O)N[C@@H]2CCc3nccn3C2)CC1=O. The molecule has 2 aliphatic heterocycles. The van der Waals surface area contributed by atoms with E-state index in [4.69, 9.17) is 0 Å². The van der Waals surface area contributed by atoms with Crippen LogP contribution in [-0.2, 0) is 22.6 Å². The van der Waals surface area contributed by atoms with Crippen LogP contribution in [0.3, 0.4) is 0 Å². The zero-order valence-electron chi connectivity index (χ0n) is 11.7. The van der Waals surface area contributed by atoms with Crippen LogP contribution in [-0.4, -0.2) is 45.4 Å². The number of hydrogen-bond acceptors (Lipinski definition) is 3. The number of imidazole rings is 1. The number of aryl methyl sites for hydroxylation is 1. The van der Waals surface area contributed by atoms with Gasteiger partial charge in [0.15, 0.2) is 0 Å². The van der Waals surface area contributed by atoms with Crippen molar-refractivity contribution in [3.63, 3.8) is 0 Å². The van der Waals surface area contributed by atoms with E-state index in [1.165, 1.54) is 0 Å². The molecule has 0 radical (unpaired) electrons. The van der Waals surface area contributed by atoms with Gasteiger partial charge in [-0.1, -0.05) is 0 Å². The number of nitrogens with zero attached hydrogens (tertiary/aromatic N) is 3. The minimum atomic E-state index is -0.188. The van der Waals surface area contributed by atoms with E-state index < -0.39 is 0 Å². The zero-order chi connectivity index (χ0) is 14.1. The summed E-state index contributed by atoms with van der Waals surface area (Å²) in [5, 5.41) is 3.09. The van der Waals surface area contributed by atoms with Gasteiger partial charge in [0.1, 0.15) is 5.82 Å². The lowest BCUT2D eigenvalue weighted by Crippen LogP contribution is -2.44. The summed E-state index contributed by atoms with van der Waals surface area (Å²) in [7, 11) is 0. The molecule has 0 saturated carbocycles. The van der Waals surface area contributed by atoms with Gasteiger partial charge in [-0.25, -0.2) is 4.98 Å². The Morgan fingerprint density at radius 2 is 2.35 bits per heavy atom. The first-order valence-electron chi connectivity index (χ1n) is 7.25. The number of hydrogen-bond donors (Lipinski definition) is 1. The standard InChI is InChI=1S/C14H20N4O2/c1-2-17-8-10(7-13(17)19)14(20)16-11-3-4-12-15-5-6-18(12)9-11/h5-6,10-11H,2-4,7-9H2,1H3,(H,16,20)/t10-,11+/m0/s1. The third-order valence-electron chi connectivity index (χ3n) is 4.25. The summed E-state index contributed by atoms with van der Waals surface area (Å²) in [4.78, 5) is 30.0. The maximum absolute atomic E-state index is 12.3. The molecule has 6 heteroatoms. The van der Waals surface area contributed by atoms with E-state index in [1.54, 1.807) is 11.1 Å². The van der Waals surface area contributed by atoms with Gasteiger partial charge in [-0.3, -0.25) is 9.59 Å². The van der Waals surface area contributed by atoms with Crippen LogP contribution in [0.5, 0.6) is 0 Å². The normalized spacial score (nSPS) is 25.6. The maximum Gasteiger partial charge on any atom is 0.225 e. The molecule has 1 fully saturated rings. The minimum absolute atomic E-state index is 0.0165. The van der Waals surface area contributed by atoms with Crippen molar-refractivity contribution in [3.8, 4) is 0 Å². The molecule has 0 unspecified atom stereocenters. The molecule has 2 amide bonds. The lowest BCUT2D eigenvalue weighted by atomic mass is 10.0. The maximum atomic E-state index is 12.3. The summed E-state index contributed by atoms with van der Waals surface area (Å²) < 4.78 is 2.09. The highest BCUT2D eigenvalue weighted by Gasteiger charge is 2.34. The van der Waals surface area contributed by atoms with Gasteiger partial charge in [0.05, 0.1) is 5.92 Å². The van der Waals surface area contributed by atoms with Gasteiger partial charge >= 0.3 is 0 Å². The van der Waals surface area contributed by atoms with Crippen molar-refractivity contribution in [2.75, 3.05) is 13.1 Å². The quantitative estimate of drug-likeness (QED) is 0.856. The lowest BCUT2D eigenvalue weighted by molar-refractivity contribution is -0.129. The first kappa shape index (κ1) is 13.1. The molecule has 0 aromatic carbocycles. The smallest absolute Gasteiger partial charge is 0.225 e. The molecule has 3 rings (SSSR count). The number of carbonyl (C=O) groups excluding carboxylic acids is 2. The van der Waals surface area contributed by atoms with E-state index in [2.05, 4.69) is 14.9 Å². The van der Waals surface area contributed by atoms with E-state index in [0.717, 1.165) is 25.2 Å². The van der Waals surface area contributed by atoms with E-state index >= 15 is 0 Å². The molecule has 1 aromatic heterocycles. The van der Waals surface area contributed by atoms with Crippen LogP contribution in [0, 0.1) is 5.92 Å². The molecule has 1 aromatic rings. The molecule has 1 saturated heterocycles. The summed E-state index contributed by atoms with van der Waals surface area (Å²) in [5.74, 6) is 1.01. The van der Waals surface area contributed by atoms with Crippen molar-refractivity contribution < 1.29 is 9.59 Å². The topological polar surface area (TPSA) is 67.2 Å². The second-order valence-corrected chi connectivity index (χ2v) is 5.57. The highest BCUT2D eigenvalue weighted by atomic mass is 16.2. The van der Waals surface area contributed by atoms with Crippen LogP contribution < -0.4 is 5.32 Å². The van der Waals surface area contributed by atoms with Crippen molar-refractivity contribution in [3.05, 3.63) is 18.2 Å². The largest absolute Gasteiger partial charge is 0.351 e. The molecule has 3 heterocycles. The number of likely N-dealkylation sites (tertiary alicyclic amines) is 1. The number of aromatic nitrogens is 2.